The van der Waals surface area contributed by atoms with E-state index in [-0.39, 0.29) is 16.7 Å². The molecule has 3 aromatic rings. The molecule has 1 heterocycles. The minimum absolute atomic E-state index is 0.150. The second kappa shape index (κ2) is 11.9. The number of rotatable bonds is 7. The fourth-order valence-electron chi connectivity index (χ4n) is 3.49. The van der Waals surface area contributed by atoms with Crippen LogP contribution in [0.25, 0.3) is 0 Å². The summed E-state index contributed by atoms with van der Waals surface area (Å²) in [6.45, 7) is -0.411. The lowest BCUT2D eigenvalue weighted by Crippen LogP contribution is -2.42. The smallest absolute Gasteiger partial charge is 0.338 e. The Bertz CT molecular complexity index is 1260. The van der Waals surface area contributed by atoms with Gasteiger partial charge in [0.25, 0.3) is 0 Å². The third-order valence-electron chi connectivity index (χ3n) is 5.39. The van der Waals surface area contributed by atoms with E-state index < -0.39 is 49.1 Å². The van der Waals surface area contributed by atoms with E-state index in [9.17, 15) is 19.5 Å². The predicted molar refractivity (Wildman–Crippen MR) is 134 cm³/mol. The lowest BCUT2D eigenvalue weighted by atomic mass is 10.1. The molecule has 0 radical (unpaired) electrons. The molecular formula is C26H19Cl3O8. The van der Waals surface area contributed by atoms with E-state index in [1.807, 2.05) is 0 Å². The monoisotopic (exact) mass is 564 g/mol. The van der Waals surface area contributed by atoms with Crippen molar-refractivity contribution in [1.82, 2.24) is 0 Å². The SMILES string of the molecule is O=C(OC[C@H]1O[C@@H](O)[C@H](OC(=O)c2ccc(Cl)cc2)[C@H]1OC(=O)c1ccc(Cl)cc1)c1ccc(Cl)cc1. The molecule has 1 aliphatic rings. The molecule has 0 amide bonds. The van der Waals surface area contributed by atoms with Crippen LogP contribution < -0.4 is 0 Å². The lowest BCUT2D eigenvalue weighted by Gasteiger charge is -2.23. The highest BCUT2D eigenvalue weighted by Gasteiger charge is 2.50. The number of halogens is 3. The van der Waals surface area contributed by atoms with E-state index in [0.717, 1.165) is 0 Å². The highest BCUT2D eigenvalue weighted by molar-refractivity contribution is 6.31. The van der Waals surface area contributed by atoms with Gasteiger partial charge in [0.2, 0.25) is 0 Å². The second-order valence-corrected chi connectivity index (χ2v) is 9.23. The summed E-state index contributed by atoms with van der Waals surface area (Å²) in [5.41, 5.74) is 0.533. The highest BCUT2D eigenvalue weighted by Crippen LogP contribution is 2.28. The molecule has 0 saturated carbocycles. The Morgan fingerprint density at radius 2 is 1.03 bits per heavy atom. The third-order valence-corrected chi connectivity index (χ3v) is 6.15. The summed E-state index contributed by atoms with van der Waals surface area (Å²) >= 11 is 17.6. The average Bonchev–Trinajstić information content (AvgIpc) is 3.17. The van der Waals surface area contributed by atoms with Crippen molar-refractivity contribution in [3.05, 3.63) is 105 Å². The van der Waals surface area contributed by atoms with Crippen LogP contribution in [0.4, 0.5) is 0 Å². The zero-order valence-corrected chi connectivity index (χ0v) is 21.2. The van der Waals surface area contributed by atoms with Crippen molar-refractivity contribution in [1.29, 1.82) is 0 Å². The molecule has 37 heavy (non-hydrogen) atoms. The molecule has 192 valence electrons. The van der Waals surface area contributed by atoms with Gasteiger partial charge in [-0.3, -0.25) is 0 Å². The van der Waals surface area contributed by atoms with E-state index in [0.29, 0.717) is 15.1 Å². The molecular weight excluding hydrogens is 547 g/mol. The van der Waals surface area contributed by atoms with Crippen LogP contribution in [0.15, 0.2) is 72.8 Å². The summed E-state index contributed by atoms with van der Waals surface area (Å²) in [4.78, 5) is 38.0. The standard InChI is InChI=1S/C26H19Cl3O8/c27-17-7-1-14(2-8-17)23(30)34-13-20-21(36-24(31)15-3-9-18(28)10-4-15)22(26(33)35-20)37-25(32)16-5-11-19(29)12-6-16/h1-12,20-22,26,33H,13H2/t20-,21+,22-,26-/m1/s1. The first-order valence-corrected chi connectivity index (χ1v) is 12.0. The Morgan fingerprint density at radius 1 is 0.649 bits per heavy atom. The van der Waals surface area contributed by atoms with Crippen LogP contribution in [0.1, 0.15) is 31.1 Å². The first kappa shape index (κ1) is 26.9. The van der Waals surface area contributed by atoms with Gasteiger partial charge in [0.15, 0.2) is 18.5 Å². The second-order valence-electron chi connectivity index (χ2n) is 7.92. The fourth-order valence-corrected chi connectivity index (χ4v) is 3.87. The number of esters is 3. The molecule has 0 aliphatic carbocycles. The van der Waals surface area contributed by atoms with Gasteiger partial charge in [-0.15, -0.1) is 0 Å². The van der Waals surface area contributed by atoms with Crippen LogP contribution >= 0.6 is 34.8 Å². The number of carbonyl (C=O) groups is 3. The normalized spacial score (nSPS) is 20.8. The van der Waals surface area contributed by atoms with Gasteiger partial charge in [-0.05, 0) is 72.8 Å². The minimum Gasteiger partial charge on any atom is -0.459 e. The number of aliphatic hydroxyl groups is 1. The van der Waals surface area contributed by atoms with Gasteiger partial charge in [0.05, 0.1) is 16.7 Å². The fraction of sp³-hybridized carbons (Fsp3) is 0.192. The maximum atomic E-state index is 12.8. The van der Waals surface area contributed by atoms with Gasteiger partial charge in [-0.25, -0.2) is 14.4 Å². The van der Waals surface area contributed by atoms with Crippen molar-refractivity contribution in [3.63, 3.8) is 0 Å². The van der Waals surface area contributed by atoms with Crippen LogP contribution in [0.3, 0.4) is 0 Å². The van der Waals surface area contributed by atoms with Crippen LogP contribution in [0.2, 0.25) is 15.1 Å². The average molecular weight is 566 g/mol. The zero-order chi connectivity index (χ0) is 26.5. The van der Waals surface area contributed by atoms with Crippen molar-refractivity contribution in [2.24, 2.45) is 0 Å². The van der Waals surface area contributed by atoms with Gasteiger partial charge in [0.1, 0.15) is 12.7 Å². The van der Waals surface area contributed by atoms with Gasteiger partial charge in [-0.2, -0.15) is 0 Å². The van der Waals surface area contributed by atoms with E-state index in [4.69, 9.17) is 53.8 Å². The number of carbonyl (C=O) groups excluding carboxylic acids is 3. The molecule has 1 saturated heterocycles. The molecule has 8 nitrogen and oxygen atoms in total. The highest BCUT2D eigenvalue weighted by atomic mass is 35.5. The first-order chi connectivity index (χ1) is 17.7. The van der Waals surface area contributed by atoms with Crippen molar-refractivity contribution >= 4 is 52.7 Å². The first-order valence-electron chi connectivity index (χ1n) is 10.9. The van der Waals surface area contributed by atoms with E-state index in [1.54, 1.807) is 0 Å². The van der Waals surface area contributed by atoms with E-state index in [1.165, 1.54) is 72.8 Å². The Labute approximate surface area is 226 Å². The number of benzene rings is 3. The molecule has 4 rings (SSSR count). The Hall–Kier alpha value is -3.14. The number of aliphatic hydroxyl groups excluding tert-OH is 1. The summed E-state index contributed by atoms with van der Waals surface area (Å²) in [5.74, 6) is -2.30. The number of hydrogen-bond donors (Lipinski definition) is 1. The minimum atomic E-state index is -1.67. The van der Waals surface area contributed by atoms with Crippen molar-refractivity contribution in [2.75, 3.05) is 6.61 Å². The number of hydrogen-bond acceptors (Lipinski definition) is 8. The van der Waals surface area contributed by atoms with Crippen LogP contribution in [0, 0.1) is 0 Å². The van der Waals surface area contributed by atoms with Crippen molar-refractivity contribution in [2.45, 2.75) is 24.6 Å². The van der Waals surface area contributed by atoms with Crippen LogP contribution in [0.5, 0.6) is 0 Å². The number of ether oxygens (including phenoxy) is 4. The quantitative estimate of drug-likeness (QED) is 0.316. The van der Waals surface area contributed by atoms with Gasteiger partial charge in [-0.1, -0.05) is 34.8 Å². The largest absolute Gasteiger partial charge is 0.459 e. The van der Waals surface area contributed by atoms with Crippen LogP contribution in [-0.2, 0) is 18.9 Å². The predicted octanol–water partition coefficient (Wildman–Crippen LogP) is 4.97. The van der Waals surface area contributed by atoms with Crippen LogP contribution in [-0.4, -0.2) is 54.2 Å². The zero-order valence-electron chi connectivity index (χ0n) is 18.9. The Kier molecular flexibility index (Phi) is 8.68. The molecule has 0 bridgehead atoms. The van der Waals surface area contributed by atoms with E-state index >= 15 is 0 Å². The summed E-state index contributed by atoms with van der Waals surface area (Å²) < 4.78 is 21.8. The summed E-state index contributed by atoms with van der Waals surface area (Å²) in [6.07, 6.45) is -5.55. The molecule has 1 N–H and O–H groups in total. The molecule has 1 fully saturated rings. The van der Waals surface area contributed by atoms with Gasteiger partial charge < -0.3 is 24.1 Å². The molecule has 0 aromatic heterocycles. The molecule has 0 spiro atoms. The molecule has 0 unspecified atom stereocenters. The molecule has 3 aromatic carbocycles. The van der Waals surface area contributed by atoms with Gasteiger partial charge >= 0.3 is 17.9 Å². The lowest BCUT2D eigenvalue weighted by molar-refractivity contribution is -0.135. The maximum Gasteiger partial charge on any atom is 0.338 e. The third kappa shape index (κ3) is 6.80. The van der Waals surface area contributed by atoms with Crippen molar-refractivity contribution < 1.29 is 38.4 Å². The summed E-state index contributed by atoms with van der Waals surface area (Å²) in [5, 5.41) is 11.8. The summed E-state index contributed by atoms with van der Waals surface area (Å²) in [7, 11) is 0. The molecule has 1 aliphatic heterocycles. The van der Waals surface area contributed by atoms with Gasteiger partial charge in [0, 0.05) is 15.1 Å². The van der Waals surface area contributed by atoms with Crippen molar-refractivity contribution in [3.8, 4) is 0 Å². The van der Waals surface area contributed by atoms with E-state index in [2.05, 4.69) is 0 Å². The molecule has 11 heteroatoms. The maximum absolute atomic E-state index is 12.8. The topological polar surface area (TPSA) is 108 Å². The summed E-state index contributed by atoms with van der Waals surface area (Å²) in [6, 6.07) is 17.8. The Morgan fingerprint density at radius 3 is 1.46 bits per heavy atom. The Balaban J connectivity index is 1.52. The molecule has 4 atom stereocenters.